The van der Waals surface area contributed by atoms with Crippen LogP contribution in [0.4, 0.5) is 5.69 Å². The van der Waals surface area contributed by atoms with Crippen LogP contribution in [-0.4, -0.2) is 12.1 Å². The number of benzene rings is 1. The zero-order valence-electron chi connectivity index (χ0n) is 6.55. The van der Waals surface area contributed by atoms with Crippen molar-refractivity contribution in [2.75, 3.05) is 5.73 Å². The molecule has 0 saturated heterocycles. The van der Waals surface area contributed by atoms with Crippen molar-refractivity contribution >= 4 is 50.1 Å². The van der Waals surface area contributed by atoms with E-state index < -0.39 is 7.12 Å². The van der Waals surface area contributed by atoms with Crippen LogP contribution in [0.1, 0.15) is 5.56 Å². The first-order chi connectivity index (χ1) is 6.11. The third-order valence-corrected chi connectivity index (χ3v) is 3.53. The van der Waals surface area contributed by atoms with E-state index in [0.717, 1.165) is 15.5 Å². The summed E-state index contributed by atoms with van der Waals surface area (Å²) in [6, 6.07) is 1.87. The third kappa shape index (κ3) is 1.42. The number of hydrogen-bond donors (Lipinski definition) is 2. The summed E-state index contributed by atoms with van der Waals surface area (Å²) in [6.07, 6.45) is 0. The number of nitrogen functional groups attached to an aromatic ring is 1. The van der Waals surface area contributed by atoms with Crippen LogP contribution < -0.4 is 11.2 Å². The molecule has 0 aliphatic carbocycles. The predicted octanol–water partition coefficient (Wildman–Crippen LogP) is 1.01. The van der Waals surface area contributed by atoms with E-state index in [0.29, 0.717) is 16.8 Å². The molecule has 0 spiro atoms. The molecule has 13 heavy (non-hydrogen) atoms. The van der Waals surface area contributed by atoms with Crippen molar-refractivity contribution in [2.45, 2.75) is 6.61 Å². The van der Waals surface area contributed by atoms with Gasteiger partial charge in [-0.05, 0) is 43.5 Å². The van der Waals surface area contributed by atoms with Crippen LogP contribution in [0.2, 0.25) is 0 Å². The summed E-state index contributed by atoms with van der Waals surface area (Å²) < 4.78 is 6.59. The number of rotatable bonds is 0. The fourth-order valence-corrected chi connectivity index (χ4v) is 2.74. The van der Waals surface area contributed by atoms with E-state index in [9.17, 15) is 5.02 Å². The van der Waals surface area contributed by atoms with Gasteiger partial charge in [-0.3, -0.25) is 0 Å². The Morgan fingerprint density at radius 2 is 2.23 bits per heavy atom. The molecule has 0 bridgehead atoms. The van der Waals surface area contributed by atoms with Gasteiger partial charge in [-0.1, -0.05) is 0 Å². The topological polar surface area (TPSA) is 55.5 Å². The zero-order chi connectivity index (χ0) is 9.59. The Morgan fingerprint density at radius 1 is 1.54 bits per heavy atom. The molecule has 68 valence electrons. The van der Waals surface area contributed by atoms with Gasteiger partial charge in [0.2, 0.25) is 0 Å². The Morgan fingerprint density at radius 3 is 2.92 bits per heavy atom. The molecule has 1 aromatic carbocycles. The fraction of sp³-hybridized carbons (Fsp3) is 0.143. The molecule has 0 amide bonds. The Kier molecular flexibility index (Phi) is 2.40. The Hall–Kier alpha value is -0.0351. The molecule has 0 radical (unpaired) electrons. The van der Waals surface area contributed by atoms with E-state index in [-0.39, 0.29) is 0 Å². The summed E-state index contributed by atoms with van der Waals surface area (Å²) in [5.41, 5.74) is 8.04. The molecule has 3 nitrogen and oxygen atoms in total. The molecule has 6 heteroatoms. The van der Waals surface area contributed by atoms with Gasteiger partial charge in [0.25, 0.3) is 0 Å². The Labute approximate surface area is 92.7 Å². The Balaban J connectivity index is 2.68. The average molecular weight is 307 g/mol. The highest BCUT2D eigenvalue weighted by molar-refractivity contribution is 9.11. The minimum absolute atomic E-state index is 0.425. The van der Waals surface area contributed by atoms with Gasteiger partial charge in [-0.15, -0.1) is 0 Å². The lowest BCUT2D eigenvalue weighted by Gasteiger charge is -2.07. The van der Waals surface area contributed by atoms with Crippen LogP contribution in [-0.2, 0) is 11.3 Å². The van der Waals surface area contributed by atoms with Crippen molar-refractivity contribution < 1.29 is 9.68 Å². The molecule has 3 N–H and O–H groups in total. The lowest BCUT2D eigenvalue weighted by molar-refractivity contribution is 0.275. The second kappa shape index (κ2) is 3.27. The maximum Gasteiger partial charge on any atom is 0.493 e. The molecule has 0 atom stereocenters. The maximum absolute atomic E-state index is 9.45. The molecule has 2 rings (SSSR count). The number of fused-ring (bicyclic) bond motifs is 1. The quantitative estimate of drug-likeness (QED) is 0.556. The highest BCUT2D eigenvalue weighted by Crippen LogP contribution is 2.30. The van der Waals surface area contributed by atoms with Crippen molar-refractivity contribution in [1.82, 2.24) is 0 Å². The molecule has 1 heterocycles. The van der Waals surface area contributed by atoms with Crippen LogP contribution in [0.3, 0.4) is 0 Å². The summed E-state index contributed by atoms with van der Waals surface area (Å²) in [6.45, 7) is 0.425. The smallest absolute Gasteiger partial charge is 0.423 e. The van der Waals surface area contributed by atoms with Crippen LogP contribution in [0.5, 0.6) is 0 Å². The summed E-state index contributed by atoms with van der Waals surface area (Å²) in [4.78, 5) is 0. The van der Waals surface area contributed by atoms with E-state index in [1.807, 2.05) is 6.07 Å². The molecular formula is C7H6BBr2NO2. The highest BCUT2D eigenvalue weighted by Gasteiger charge is 2.31. The summed E-state index contributed by atoms with van der Waals surface area (Å²) >= 11 is 6.65. The first kappa shape index (κ1) is 9.52. The van der Waals surface area contributed by atoms with Crippen LogP contribution >= 0.6 is 31.9 Å². The van der Waals surface area contributed by atoms with E-state index >= 15 is 0 Å². The number of anilines is 1. The van der Waals surface area contributed by atoms with E-state index in [1.165, 1.54) is 0 Å². The van der Waals surface area contributed by atoms with Gasteiger partial charge >= 0.3 is 7.12 Å². The van der Waals surface area contributed by atoms with Crippen molar-refractivity contribution in [2.24, 2.45) is 0 Å². The van der Waals surface area contributed by atoms with Crippen molar-refractivity contribution in [3.63, 3.8) is 0 Å². The molecule has 1 aliphatic rings. The number of halogens is 2. The molecule has 1 aliphatic heterocycles. The monoisotopic (exact) mass is 305 g/mol. The lowest BCUT2D eigenvalue weighted by Crippen LogP contribution is -2.29. The van der Waals surface area contributed by atoms with Gasteiger partial charge in [0, 0.05) is 14.4 Å². The summed E-state index contributed by atoms with van der Waals surface area (Å²) in [7, 11) is -0.861. The SMILES string of the molecule is Nc1c(Br)cc2c(c1Br)B(O)OC2. The highest BCUT2D eigenvalue weighted by atomic mass is 79.9. The third-order valence-electron chi connectivity index (χ3n) is 2.02. The van der Waals surface area contributed by atoms with Gasteiger partial charge in [-0.2, -0.15) is 0 Å². The predicted molar refractivity (Wildman–Crippen MR) is 58.7 cm³/mol. The minimum Gasteiger partial charge on any atom is -0.423 e. The Bertz CT molecular complexity index is 372. The van der Waals surface area contributed by atoms with E-state index in [2.05, 4.69) is 31.9 Å². The average Bonchev–Trinajstić information content (AvgIpc) is 2.43. The fourth-order valence-electron chi connectivity index (χ4n) is 1.34. The van der Waals surface area contributed by atoms with E-state index in [4.69, 9.17) is 10.4 Å². The molecular weight excluding hydrogens is 301 g/mol. The molecule has 0 fully saturated rings. The van der Waals surface area contributed by atoms with Gasteiger partial charge in [0.05, 0.1) is 12.3 Å². The molecule has 0 saturated carbocycles. The van der Waals surface area contributed by atoms with Crippen molar-refractivity contribution in [3.8, 4) is 0 Å². The van der Waals surface area contributed by atoms with Crippen molar-refractivity contribution in [3.05, 3.63) is 20.6 Å². The minimum atomic E-state index is -0.861. The standard InChI is InChI=1S/C7H6BBr2NO2/c9-4-1-3-2-13-8(12)5(3)6(10)7(4)11/h1,12H,2,11H2. The first-order valence-corrected chi connectivity index (χ1v) is 5.25. The molecule has 0 aromatic heterocycles. The second-order valence-corrected chi connectivity index (χ2v) is 4.47. The summed E-state index contributed by atoms with van der Waals surface area (Å²) in [5, 5.41) is 9.45. The van der Waals surface area contributed by atoms with Gasteiger partial charge in [0.15, 0.2) is 0 Å². The summed E-state index contributed by atoms with van der Waals surface area (Å²) in [5.74, 6) is 0. The van der Waals surface area contributed by atoms with Crippen molar-refractivity contribution in [1.29, 1.82) is 0 Å². The van der Waals surface area contributed by atoms with Crippen LogP contribution in [0.15, 0.2) is 15.0 Å². The number of hydrogen-bond acceptors (Lipinski definition) is 3. The van der Waals surface area contributed by atoms with Gasteiger partial charge in [0.1, 0.15) is 0 Å². The van der Waals surface area contributed by atoms with Gasteiger partial charge < -0.3 is 15.4 Å². The maximum atomic E-state index is 9.45. The first-order valence-electron chi connectivity index (χ1n) is 3.67. The van der Waals surface area contributed by atoms with Crippen LogP contribution in [0.25, 0.3) is 0 Å². The van der Waals surface area contributed by atoms with Crippen LogP contribution in [0, 0.1) is 0 Å². The largest absolute Gasteiger partial charge is 0.493 e. The number of nitrogens with two attached hydrogens (primary N) is 1. The lowest BCUT2D eigenvalue weighted by atomic mass is 9.79. The van der Waals surface area contributed by atoms with Gasteiger partial charge in [-0.25, -0.2) is 0 Å². The molecule has 0 unspecified atom stereocenters. The second-order valence-electron chi connectivity index (χ2n) is 2.82. The van der Waals surface area contributed by atoms with E-state index in [1.54, 1.807) is 0 Å². The molecule has 1 aromatic rings. The zero-order valence-corrected chi connectivity index (χ0v) is 9.72. The normalized spacial score (nSPS) is 14.8.